The molecule has 2 aromatic heterocycles. The van der Waals surface area contributed by atoms with Gasteiger partial charge in [-0.1, -0.05) is 17.7 Å². The largest absolute Gasteiger partial charge is 0.441 e. The number of nitrogens with zero attached hydrogens (tertiary/aromatic N) is 4. The molecule has 0 spiro atoms. The highest BCUT2D eigenvalue weighted by Gasteiger charge is 2.19. The van der Waals surface area contributed by atoms with Crippen LogP contribution in [-0.2, 0) is 0 Å². The van der Waals surface area contributed by atoms with E-state index < -0.39 is 0 Å². The van der Waals surface area contributed by atoms with E-state index in [0.717, 1.165) is 5.56 Å². The Hall–Kier alpha value is -2.94. The molecule has 0 radical (unpaired) electrons. The summed E-state index contributed by atoms with van der Waals surface area (Å²) in [6.45, 7) is 3.81. The molecule has 6 nitrogen and oxygen atoms in total. The van der Waals surface area contributed by atoms with E-state index in [4.69, 9.17) is 9.68 Å². The summed E-state index contributed by atoms with van der Waals surface area (Å²) in [5.74, 6) is 1.11. The quantitative estimate of drug-likeness (QED) is 0.769. The van der Waals surface area contributed by atoms with Gasteiger partial charge in [-0.25, -0.2) is 4.98 Å². The lowest BCUT2D eigenvalue weighted by molar-refractivity contribution is 0.543. The second-order valence-electron chi connectivity index (χ2n) is 4.42. The van der Waals surface area contributed by atoms with E-state index in [2.05, 4.69) is 20.4 Å². The second kappa shape index (κ2) is 4.63. The zero-order valence-corrected chi connectivity index (χ0v) is 11.0. The Morgan fingerprint density at radius 3 is 2.55 bits per heavy atom. The minimum atomic E-state index is 0.205. The van der Waals surface area contributed by atoms with Crippen LogP contribution in [0, 0.1) is 25.2 Å². The van der Waals surface area contributed by atoms with Crippen LogP contribution >= 0.6 is 0 Å². The average molecular weight is 265 g/mol. The summed E-state index contributed by atoms with van der Waals surface area (Å²) in [4.78, 5) is 4.42. The van der Waals surface area contributed by atoms with Crippen molar-refractivity contribution in [1.29, 1.82) is 5.26 Å². The summed E-state index contributed by atoms with van der Waals surface area (Å²) in [7, 11) is 0. The molecular weight excluding hydrogens is 254 g/mol. The summed E-state index contributed by atoms with van der Waals surface area (Å²) in [6, 6.07) is 9.84. The molecule has 3 rings (SSSR count). The van der Waals surface area contributed by atoms with Gasteiger partial charge in [0.2, 0.25) is 5.89 Å². The first kappa shape index (κ1) is 12.1. The molecule has 1 aromatic carbocycles. The number of hydrogen-bond acceptors (Lipinski definition) is 5. The minimum Gasteiger partial charge on any atom is -0.441 e. The standard InChI is InChI=1S/C14H11N5O/c1-8-3-5-10(6-4-8)14-16-12(9(2)20-14)13-11(7-15)17-19-18-13/h3-6H,1-2H3,(H,17,18,19). The number of nitrogens with one attached hydrogen (secondary N) is 1. The molecule has 20 heavy (non-hydrogen) atoms. The maximum Gasteiger partial charge on any atom is 0.226 e. The van der Waals surface area contributed by atoms with Gasteiger partial charge in [0, 0.05) is 5.56 Å². The van der Waals surface area contributed by atoms with Crippen molar-refractivity contribution in [3.05, 3.63) is 41.3 Å². The van der Waals surface area contributed by atoms with Crippen molar-refractivity contribution in [1.82, 2.24) is 20.4 Å². The van der Waals surface area contributed by atoms with Crippen molar-refractivity contribution in [2.45, 2.75) is 13.8 Å². The maximum atomic E-state index is 8.98. The highest BCUT2D eigenvalue weighted by atomic mass is 16.4. The molecule has 98 valence electrons. The summed E-state index contributed by atoms with van der Waals surface area (Å²) in [5.41, 5.74) is 3.20. The van der Waals surface area contributed by atoms with E-state index in [-0.39, 0.29) is 5.69 Å². The second-order valence-corrected chi connectivity index (χ2v) is 4.42. The maximum absolute atomic E-state index is 8.98. The van der Waals surface area contributed by atoms with Crippen molar-refractivity contribution in [2.24, 2.45) is 0 Å². The molecule has 2 heterocycles. The first-order chi connectivity index (χ1) is 9.69. The molecule has 1 N–H and O–H groups in total. The fraction of sp³-hybridized carbons (Fsp3) is 0.143. The van der Waals surface area contributed by atoms with Crippen LogP contribution in [0.15, 0.2) is 28.7 Å². The highest BCUT2D eigenvalue weighted by molar-refractivity contribution is 5.65. The van der Waals surface area contributed by atoms with E-state index in [1.807, 2.05) is 37.3 Å². The van der Waals surface area contributed by atoms with Crippen LogP contribution in [0.1, 0.15) is 17.0 Å². The van der Waals surface area contributed by atoms with Gasteiger partial charge < -0.3 is 4.42 Å². The molecule has 0 aliphatic carbocycles. The van der Waals surface area contributed by atoms with Crippen LogP contribution in [-0.4, -0.2) is 20.4 Å². The van der Waals surface area contributed by atoms with Crippen LogP contribution in [0.25, 0.3) is 22.8 Å². The number of nitriles is 1. The molecule has 0 fully saturated rings. The molecular formula is C14H11N5O. The van der Waals surface area contributed by atoms with Crippen molar-refractivity contribution in [2.75, 3.05) is 0 Å². The zero-order valence-electron chi connectivity index (χ0n) is 11.0. The highest BCUT2D eigenvalue weighted by Crippen LogP contribution is 2.28. The smallest absolute Gasteiger partial charge is 0.226 e. The van der Waals surface area contributed by atoms with Crippen LogP contribution in [0.4, 0.5) is 0 Å². The molecule has 0 aliphatic rings. The van der Waals surface area contributed by atoms with Crippen molar-refractivity contribution < 1.29 is 4.42 Å². The van der Waals surface area contributed by atoms with E-state index >= 15 is 0 Å². The fourth-order valence-corrected chi connectivity index (χ4v) is 1.91. The third-order valence-corrected chi connectivity index (χ3v) is 2.97. The topological polar surface area (TPSA) is 91.4 Å². The first-order valence-electron chi connectivity index (χ1n) is 6.04. The Balaban J connectivity index is 2.08. The Morgan fingerprint density at radius 1 is 1.10 bits per heavy atom. The van der Waals surface area contributed by atoms with Gasteiger partial charge in [-0.3, -0.25) is 0 Å². The lowest BCUT2D eigenvalue weighted by Crippen LogP contribution is -1.85. The number of H-pyrrole nitrogens is 1. The number of oxazole rings is 1. The Kier molecular flexibility index (Phi) is 2.80. The van der Waals surface area contributed by atoms with Crippen molar-refractivity contribution in [3.63, 3.8) is 0 Å². The van der Waals surface area contributed by atoms with Gasteiger partial charge in [0.15, 0.2) is 11.4 Å². The van der Waals surface area contributed by atoms with Crippen molar-refractivity contribution >= 4 is 0 Å². The lowest BCUT2D eigenvalue weighted by Gasteiger charge is -1.95. The van der Waals surface area contributed by atoms with Crippen LogP contribution in [0.3, 0.4) is 0 Å². The third kappa shape index (κ3) is 1.95. The zero-order chi connectivity index (χ0) is 14.1. The number of hydrogen-bond donors (Lipinski definition) is 1. The number of rotatable bonds is 2. The van der Waals surface area contributed by atoms with E-state index in [0.29, 0.717) is 23.0 Å². The number of benzene rings is 1. The summed E-state index contributed by atoms with van der Waals surface area (Å²) in [6.07, 6.45) is 0. The molecule has 0 bridgehead atoms. The van der Waals surface area contributed by atoms with E-state index in [1.54, 1.807) is 6.92 Å². The molecule has 0 amide bonds. The average Bonchev–Trinajstić information content (AvgIpc) is 3.05. The number of aryl methyl sites for hydroxylation is 2. The third-order valence-electron chi connectivity index (χ3n) is 2.97. The molecule has 0 saturated carbocycles. The fourth-order valence-electron chi connectivity index (χ4n) is 1.91. The normalized spacial score (nSPS) is 10.4. The van der Waals surface area contributed by atoms with Crippen molar-refractivity contribution in [3.8, 4) is 28.9 Å². The van der Waals surface area contributed by atoms with Gasteiger partial charge in [0.05, 0.1) is 0 Å². The summed E-state index contributed by atoms with van der Waals surface area (Å²) < 4.78 is 5.66. The number of aromatic nitrogens is 4. The lowest BCUT2D eigenvalue weighted by atomic mass is 10.1. The SMILES string of the molecule is Cc1ccc(-c2nc(-c3n[nH]nc3C#N)c(C)o2)cc1. The van der Waals surface area contributed by atoms with Crippen LogP contribution < -0.4 is 0 Å². The monoisotopic (exact) mass is 265 g/mol. The van der Waals surface area contributed by atoms with E-state index in [1.165, 1.54) is 5.56 Å². The van der Waals surface area contributed by atoms with Gasteiger partial charge >= 0.3 is 0 Å². The molecule has 0 aliphatic heterocycles. The van der Waals surface area contributed by atoms with Gasteiger partial charge in [0.1, 0.15) is 17.5 Å². The Bertz CT molecular complexity index is 792. The Morgan fingerprint density at radius 2 is 1.85 bits per heavy atom. The molecule has 0 atom stereocenters. The number of aromatic amines is 1. The van der Waals surface area contributed by atoms with Crippen LogP contribution in [0.5, 0.6) is 0 Å². The van der Waals surface area contributed by atoms with E-state index in [9.17, 15) is 0 Å². The summed E-state index contributed by atoms with van der Waals surface area (Å²) in [5, 5.41) is 19.1. The molecule has 6 heteroatoms. The Labute approximate surface area is 115 Å². The first-order valence-corrected chi connectivity index (χ1v) is 6.04. The molecule has 0 unspecified atom stereocenters. The van der Waals surface area contributed by atoms with Gasteiger partial charge in [-0.15, -0.1) is 5.10 Å². The minimum absolute atomic E-state index is 0.205. The predicted octanol–water partition coefficient (Wildman–Crippen LogP) is 2.62. The summed E-state index contributed by atoms with van der Waals surface area (Å²) >= 11 is 0. The van der Waals surface area contributed by atoms with Gasteiger partial charge in [-0.2, -0.15) is 15.6 Å². The van der Waals surface area contributed by atoms with Crippen LogP contribution in [0.2, 0.25) is 0 Å². The van der Waals surface area contributed by atoms with Gasteiger partial charge in [0.25, 0.3) is 0 Å². The predicted molar refractivity (Wildman–Crippen MR) is 71.5 cm³/mol. The molecule has 0 saturated heterocycles. The van der Waals surface area contributed by atoms with Gasteiger partial charge in [-0.05, 0) is 26.0 Å². The molecule has 3 aromatic rings.